The Morgan fingerprint density at radius 1 is 1.04 bits per heavy atom. The molecular weight excluding hydrogens is 356 g/mol. The van der Waals surface area contributed by atoms with Gasteiger partial charge in [0.15, 0.2) is 0 Å². The minimum Gasteiger partial charge on any atom is -0.340 e. The molecule has 1 fully saturated rings. The van der Waals surface area contributed by atoms with Crippen LogP contribution in [0.3, 0.4) is 0 Å². The van der Waals surface area contributed by atoms with Crippen LogP contribution in [0.1, 0.15) is 12.0 Å². The monoisotopic (exact) mass is 376 g/mol. The van der Waals surface area contributed by atoms with E-state index >= 15 is 0 Å². The number of H-pyrrole nitrogens is 1. The zero-order chi connectivity index (χ0) is 18.5. The molecule has 138 valence electrons. The molecule has 26 heavy (non-hydrogen) atoms. The maximum atomic E-state index is 12.5. The van der Waals surface area contributed by atoms with E-state index in [0.717, 1.165) is 31.1 Å². The van der Waals surface area contributed by atoms with Gasteiger partial charge in [-0.05, 0) is 24.1 Å². The molecule has 0 atom stereocenters. The molecule has 0 saturated carbocycles. The smallest absolute Gasteiger partial charge is 0.328 e. The minimum absolute atomic E-state index is 0.0627. The van der Waals surface area contributed by atoms with Crippen LogP contribution < -0.4 is 11.2 Å². The van der Waals surface area contributed by atoms with Gasteiger partial charge in [-0.15, -0.1) is 0 Å². The highest BCUT2D eigenvalue weighted by Gasteiger charge is 2.19. The number of halogens is 1. The third-order valence-electron chi connectivity index (χ3n) is 4.46. The van der Waals surface area contributed by atoms with Crippen LogP contribution >= 0.6 is 11.6 Å². The summed E-state index contributed by atoms with van der Waals surface area (Å²) < 4.78 is 1.22. The quantitative estimate of drug-likeness (QED) is 0.860. The first-order valence-electron chi connectivity index (χ1n) is 8.55. The highest BCUT2D eigenvalue weighted by Crippen LogP contribution is 2.13. The van der Waals surface area contributed by atoms with Crippen molar-refractivity contribution < 1.29 is 4.79 Å². The summed E-state index contributed by atoms with van der Waals surface area (Å²) in [6, 6.07) is 9.03. The first kappa shape index (κ1) is 18.4. The topological polar surface area (TPSA) is 78.4 Å². The standard InChI is InChI=1S/C18H21ClN4O3/c19-15-4-2-14(3-5-15)12-21-7-1-8-22(11-10-21)17(25)13-23-9-6-16(24)20-18(23)26/h2-6,9H,1,7-8,10-13H2,(H,20,24,26). The fourth-order valence-electron chi connectivity index (χ4n) is 3.04. The van der Waals surface area contributed by atoms with Crippen molar-refractivity contribution in [2.24, 2.45) is 0 Å². The van der Waals surface area contributed by atoms with E-state index in [-0.39, 0.29) is 12.5 Å². The lowest BCUT2D eigenvalue weighted by molar-refractivity contribution is -0.131. The summed E-state index contributed by atoms with van der Waals surface area (Å²) >= 11 is 5.92. The third-order valence-corrected chi connectivity index (χ3v) is 4.72. The van der Waals surface area contributed by atoms with E-state index in [2.05, 4.69) is 9.88 Å². The van der Waals surface area contributed by atoms with Crippen LogP contribution in [0.4, 0.5) is 0 Å². The van der Waals surface area contributed by atoms with Crippen LogP contribution in [0, 0.1) is 0 Å². The highest BCUT2D eigenvalue weighted by molar-refractivity contribution is 6.30. The van der Waals surface area contributed by atoms with Gasteiger partial charge < -0.3 is 4.90 Å². The molecule has 2 heterocycles. The van der Waals surface area contributed by atoms with Crippen LogP contribution in [-0.4, -0.2) is 51.4 Å². The fourth-order valence-corrected chi connectivity index (χ4v) is 3.17. The first-order valence-corrected chi connectivity index (χ1v) is 8.93. The van der Waals surface area contributed by atoms with Gasteiger partial charge in [0.1, 0.15) is 6.54 Å². The Morgan fingerprint density at radius 2 is 1.81 bits per heavy atom. The number of benzene rings is 1. The molecule has 0 aliphatic carbocycles. The summed E-state index contributed by atoms with van der Waals surface area (Å²) in [5, 5.41) is 0.721. The van der Waals surface area contributed by atoms with E-state index < -0.39 is 11.2 Å². The Labute approximate surface area is 155 Å². The zero-order valence-electron chi connectivity index (χ0n) is 14.4. The number of hydrogen-bond acceptors (Lipinski definition) is 4. The number of nitrogens with one attached hydrogen (secondary N) is 1. The number of nitrogens with zero attached hydrogens (tertiary/aromatic N) is 3. The van der Waals surface area contributed by atoms with Crippen molar-refractivity contribution in [3.63, 3.8) is 0 Å². The minimum atomic E-state index is -0.565. The summed E-state index contributed by atoms with van der Waals surface area (Å²) in [5.74, 6) is -0.118. The molecule has 0 bridgehead atoms. The molecule has 7 nitrogen and oxygen atoms in total. The lowest BCUT2D eigenvalue weighted by atomic mass is 10.2. The van der Waals surface area contributed by atoms with Crippen molar-refractivity contribution in [3.05, 3.63) is 68.0 Å². The van der Waals surface area contributed by atoms with Crippen molar-refractivity contribution >= 4 is 17.5 Å². The van der Waals surface area contributed by atoms with Crippen molar-refractivity contribution in [2.75, 3.05) is 26.2 Å². The molecule has 0 spiro atoms. The van der Waals surface area contributed by atoms with Crippen LogP contribution in [-0.2, 0) is 17.9 Å². The molecule has 1 saturated heterocycles. The molecule has 1 aromatic heterocycles. The molecule has 0 unspecified atom stereocenters. The van der Waals surface area contributed by atoms with Crippen molar-refractivity contribution in [2.45, 2.75) is 19.5 Å². The first-order chi connectivity index (χ1) is 12.5. The second-order valence-electron chi connectivity index (χ2n) is 6.37. The van der Waals surface area contributed by atoms with Crippen molar-refractivity contribution in [3.8, 4) is 0 Å². The number of hydrogen-bond donors (Lipinski definition) is 1. The molecule has 1 aliphatic heterocycles. The van der Waals surface area contributed by atoms with E-state index in [0.29, 0.717) is 13.1 Å². The van der Waals surface area contributed by atoms with Gasteiger partial charge in [0.05, 0.1) is 0 Å². The molecular formula is C18H21ClN4O3. The molecule has 1 N–H and O–H groups in total. The average Bonchev–Trinajstić information content (AvgIpc) is 2.85. The van der Waals surface area contributed by atoms with Gasteiger partial charge in [-0.3, -0.25) is 24.0 Å². The summed E-state index contributed by atoms with van der Waals surface area (Å²) in [4.78, 5) is 41.6. The number of carbonyl (C=O) groups is 1. The maximum absolute atomic E-state index is 12.5. The molecule has 1 aliphatic rings. The number of carbonyl (C=O) groups excluding carboxylic acids is 1. The van der Waals surface area contributed by atoms with Gasteiger partial charge in [0.25, 0.3) is 5.56 Å². The zero-order valence-corrected chi connectivity index (χ0v) is 15.1. The van der Waals surface area contributed by atoms with Crippen LogP contribution in [0.5, 0.6) is 0 Å². The van der Waals surface area contributed by atoms with E-state index in [1.807, 2.05) is 24.3 Å². The van der Waals surface area contributed by atoms with E-state index in [1.54, 1.807) is 4.90 Å². The number of rotatable bonds is 4. The Kier molecular flexibility index (Phi) is 5.90. The van der Waals surface area contributed by atoms with Gasteiger partial charge in [-0.2, -0.15) is 0 Å². The summed E-state index contributed by atoms with van der Waals surface area (Å²) in [7, 11) is 0. The molecule has 2 aromatic rings. The molecule has 1 aromatic carbocycles. The highest BCUT2D eigenvalue weighted by atomic mass is 35.5. The predicted octanol–water partition coefficient (Wildman–Crippen LogP) is 0.925. The fraction of sp³-hybridized carbons (Fsp3) is 0.389. The van der Waals surface area contributed by atoms with Crippen LogP contribution in [0.2, 0.25) is 5.02 Å². The molecule has 8 heteroatoms. The number of aromatic nitrogens is 2. The third kappa shape index (κ3) is 4.83. The van der Waals surface area contributed by atoms with E-state index in [4.69, 9.17) is 11.6 Å². The lowest BCUT2D eigenvalue weighted by Crippen LogP contribution is -2.40. The maximum Gasteiger partial charge on any atom is 0.328 e. The van der Waals surface area contributed by atoms with Crippen LogP contribution in [0.25, 0.3) is 0 Å². The molecule has 0 radical (unpaired) electrons. The Balaban J connectivity index is 1.57. The number of amides is 1. The van der Waals surface area contributed by atoms with Gasteiger partial charge >= 0.3 is 5.69 Å². The Bertz CT molecular complexity index is 875. The van der Waals surface area contributed by atoms with Crippen molar-refractivity contribution in [1.29, 1.82) is 0 Å². The Hall–Kier alpha value is -2.38. The van der Waals surface area contributed by atoms with Gasteiger partial charge in [0.2, 0.25) is 5.91 Å². The summed E-state index contributed by atoms with van der Waals surface area (Å²) in [5.41, 5.74) is 0.158. The van der Waals surface area contributed by atoms with E-state index in [1.165, 1.54) is 22.4 Å². The predicted molar refractivity (Wildman–Crippen MR) is 99.2 cm³/mol. The van der Waals surface area contributed by atoms with E-state index in [9.17, 15) is 14.4 Å². The average molecular weight is 377 g/mol. The SMILES string of the molecule is O=C(Cn1ccc(=O)[nH]c1=O)N1CCCN(Cc2ccc(Cl)cc2)CC1. The van der Waals surface area contributed by atoms with Gasteiger partial charge in [-0.1, -0.05) is 23.7 Å². The van der Waals surface area contributed by atoms with Gasteiger partial charge in [0, 0.05) is 50.0 Å². The summed E-state index contributed by atoms with van der Waals surface area (Å²) in [6.07, 6.45) is 2.23. The molecule has 3 rings (SSSR count). The largest absolute Gasteiger partial charge is 0.340 e. The Morgan fingerprint density at radius 3 is 2.54 bits per heavy atom. The second-order valence-corrected chi connectivity index (χ2v) is 6.81. The molecule has 1 amide bonds. The van der Waals surface area contributed by atoms with Crippen LogP contribution in [0.15, 0.2) is 46.1 Å². The van der Waals surface area contributed by atoms with Gasteiger partial charge in [-0.25, -0.2) is 4.79 Å². The number of aromatic amines is 1. The second kappa shape index (κ2) is 8.33. The lowest BCUT2D eigenvalue weighted by Gasteiger charge is -2.22. The van der Waals surface area contributed by atoms with Crippen molar-refractivity contribution in [1.82, 2.24) is 19.4 Å². The normalized spacial score (nSPS) is 15.7. The summed E-state index contributed by atoms with van der Waals surface area (Å²) in [6.45, 7) is 3.71.